The summed E-state index contributed by atoms with van der Waals surface area (Å²) < 4.78 is 17.7. The quantitative estimate of drug-likeness (QED) is 0.803. The third-order valence-corrected chi connectivity index (χ3v) is 2.37. The molecule has 0 amide bonds. The van der Waals surface area contributed by atoms with Crippen LogP contribution in [0.1, 0.15) is 20.8 Å². The molecule has 0 radical (unpaired) electrons. The molecule has 0 aliphatic rings. The lowest BCUT2D eigenvalue weighted by molar-refractivity contribution is -0.145. The molecule has 0 unspecified atom stereocenters. The summed E-state index contributed by atoms with van der Waals surface area (Å²) in [5.74, 6) is -0.487. The van der Waals surface area contributed by atoms with E-state index in [2.05, 4.69) is 5.32 Å². The SMILES string of the molecule is CCOC(=O)[C@@H](Nc1ccc(F)cc1)C(C)C. The number of halogens is 1. The van der Waals surface area contributed by atoms with E-state index in [4.69, 9.17) is 4.74 Å². The van der Waals surface area contributed by atoms with Crippen molar-refractivity contribution < 1.29 is 13.9 Å². The van der Waals surface area contributed by atoms with Crippen LogP contribution in [0, 0.1) is 11.7 Å². The van der Waals surface area contributed by atoms with Crippen LogP contribution in [-0.4, -0.2) is 18.6 Å². The van der Waals surface area contributed by atoms with Gasteiger partial charge in [-0.1, -0.05) is 13.8 Å². The van der Waals surface area contributed by atoms with E-state index in [9.17, 15) is 9.18 Å². The van der Waals surface area contributed by atoms with Crippen LogP contribution in [0.5, 0.6) is 0 Å². The van der Waals surface area contributed by atoms with Crippen molar-refractivity contribution in [3.8, 4) is 0 Å². The normalized spacial score (nSPS) is 12.3. The Morgan fingerprint density at radius 2 is 1.94 bits per heavy atom. The second-order valence-electron chi connectivity index (χ2n) is 4.12. The second-order valence-corrected chi connectivity index (χ2v) is 4.12. The van der Waals surface area contributed by atoms with Crippen LogP contribution in [0.2, 0.25) is 0 Å². The summed E-state index contributed by atoms with van der Waals surface area (Å²) >= 11 is 0. The van der Waals surface area contributed by atoms with E-state index in [1.807, 2.05) is 13.8 Å². The highest BCUT2D eigenvalue weighted by Crippen LogP contribution is 2.14. The summed E-state index contributed by atoms with van der Waals surface area (Å²) in [6.07, 6.45) is 0. The number of benzene rings is 1. The van der Waals surface area contributed by atoms with Gasteiger partial charge in [-0.25, -0.2) is 9.18 Å². The lowest BCUT2D eigenvalue weighted by atomic mass is 10.0. The van der Waals surface area contributed by atoms with Gasteiger partial charge in [0.05, 0.1) is 6.61 Å². The average Bonchev–Trinajstić information content (AvgIpc) is 2.28. The van der Waals surface area contributed by atoms with E-state index in [-0.39, 0.29) is 17.7 Å². The predicted molar refractivity (Wildman–Crippen MR) is 65.3 cm³/mol. The van der Waals surface area contributed by atoms with E-state index in [0.717, 1.165) is 0 Å². The van der Waals surface area contributed by atoms with Gasteiger partial charge in [-0.2, -0.15) is 0 Å². The van der Waals surface area contributed by atoms with Crippen LogP contribution in [-0.2, 0) is 9.53 Å². The standard InChI is InChI=1S/C13H18FNO2/c1-4-17-13(16)12(9(2)3)15-11-7-5-10(14)6-8-11/h5-9,12,15H,4H2,1-3H3/t12-/m0/s1. The zero-order valence-electron chi connectivity index (χ0n) is 10.4. The van der Waals surface area contributed by atoms with Gasteiger partial charge in [-0.3, -0.25) is 0 Å². The van der Waals surface area contributed by atoms with Gasteiger partial charge in [0, 0.05) is 5.69 Å². The third kappa shape index (κ3) is 4.06. The smallest absolute Gasteiger partial charge is 0.328 e. The largest absolute Gasteiger partial charge is 0.464 e. The molecule has 0 heterocycles. The second kappa shape index (κ2) is 6.23. The minimum Gasteiger partial charge on any atom is -0.464 e. The summed E-state index contributed by atoms with van der Waals surface area (Å²) in [5.41, 5.74) is 0.707. The topological polar surface area (TPSA) is 38.3 Å². The molecule has 0 saturated heterocycles. The molecule has 1 aromatic carbocycles. The Kier molecular flexibility index (Phi) is 4.94. The van der Waals surface area contributed by atoms with Crippen molar-refractivity contribution in [1.82, 2.24) is 0 Å². The summed E-state index contributed by atoms with van der Waals surface area (Å²) in [5, 5.41) is 3.05. The number of carbonyl (C=O) groups excluding carboxylic acids is 1. The van der Waals surface area contributed by atoms with E-state index in [1.165, 1.54) is 12.1 Å². The molecule has 0 fully saturated rings. The fourth-order valence-electron chi connectivity index (χ4n) is 1.46. The lowest BCUT2D eigenvalue weighted by Gasteiger charge is -2.21. The van der Waals surface area contributed by atoms with E-state index < -0.39 is 6.04 Å². The molecule has 17 heavy (non-hydrogen) atoms. The van der Waals surface area contributed by atoms with Gasteiger partial charge in [0.25, 0.3) is 0 Å². The van der Waals surface area contributed by atoms with Crippen molar-refractivity contribution >= 4 is 11.7 Å². The number of rotatable bonds is 5. The van der Waals surface area contributed by atoms with Crippen molar-refractivity contribution in [2.75, 3.05) is 11.9 Å². The highest BCUT2D eigenvalue weighted by molar-refractivity contribution is 5.79. The maximum absolute atomic E-state index is 12.7. The molecule has 0 spiro atoms. The third-order valence-electron chi connectivity index (χ3n) is 2.37. The van der Waals surface area contributed by atoms with Gasteiger partial charge in [0.2, 0.25) is 0 Å². The first-order chi connectivity index (χ1) is 8.04. The zero-order chi connectivity index (χ0) is 12.8. The molecule has 0 aliphatic carbocycles. The van der Waals surface area contributed by atoms with Crippen molar-refractivity contribution in [3.63, 3.8) is 0 Å². The predicted octanol–water partition coefficient (Wildman–Crippen LogP) is 2.83. The van der Waals surface area contributed by atoms with Gasteiger partial charge in [-0.15, -0.1) is 0 Å². The first kappa shape index (κ1) is 13.5. The van der Waals surface area contributed by atoms with Crippen molar-refractivity contribution in [2.45, 2.75) is 26.8 Å². The number of hydrogen-bond donors (Lipinski definition) is 1. The molecule has 94 valence electrons. The minimum absolute atomic E-state index is 0.0964. The maximum atomic E-state index is 12.7. The minimum atomic E-state index is -0.416. The molecule has 1 aromatic rings. The molecule has 1 atom stereocenters. The van der Waals surface area contributed by atoms with Gasteiger partial charge in [0.1, 0.15) is 11.9 Å². The molecule has 1 rings (SSSR count). The summed E-state index contributed by atoms with van der Waals surface area (Å²) in [6.45, 7) is 5.98. The van der Waals surface area contributed by atoms with Crippen LogP contribution in [0.25, 0.3) is 0 Å². The highest BCUT2D eigenvalue weighted by atomic mass is 19.1. The van der Waals surface area contributed by atoms with Crippen molar-refractivity contribution in [1.29, 1.82) is 0 Å². The molecule has 0 aliphatic heterocycles. The summed E-state index contributed by atoms with van der Waals surface area (Å²) in [7, 11) is 0. The monoisotopic (exact) mass is 239 g/mol. The van der Waals surface area contributed by atoms with Crippen molar-refractivity contribution in [3.05, 3.63) is 30.1 Å². The van der Waals surface area contributed by atoms with E-state index >= 15 is 0 Å². The zero-order valence-corrected chi connectivity index (χ0v) is 10.4. The molecule has 1 N–H and O–H groups in total. The number of hydrogen-bond acceptors (Lipinski definition) is 3. The lowest BCUT2D eigenvalue weighted by Crippen LogP contribution is -2.36. The number of anilines is 1. The van der Waals surface area contributed by atoms with Crippen LogP contribution in [0.4, 0.5) is 10.1 Å². The number of nitrogens with one attached hydrogen (secondary N) is 1. The van der Waals surface area contributed by atoms with Crippen LogP contribution in [0.15, 0.2) is 24.3 Å². The fraction of sp³-hybridized carbons (Fsp3) is 0.462. The Hall–Kier alpha value is -1.58. The van der Waals surface area contributed by atoms with Gasteiger partial charge in [0.15, 0.2) is 0 Å². The Labute approximate surface area is 101 Å². The first-order valence-electron chi connectivity index (χ1n) is 5.73. The van der Waals surface area contributed by atoms with Crippen molar-refractivity contribution in [2.24, 2.45) is 5.92 Å². The summed E-state index contributed by atoms with van der Waals surface area (Å²) in [4.78, 5) is 11.7. The molecule has 0 saturated carbocycles. The number of carbonyl (C=O) groups is 1. The molecular weight excluding hydrogens is 221 g/mol. The van der Waals surface area contributed by atoms with Crippen LogP contribution < -0.4 is 5.32 Å². The Balaban J connectivity index is 2.73. The molecule has 4 heteroatoms. The highest BCUT2D eigenvalue weighted by Gasteiger charge is 2.23. The van der Waals surface area contributed by atoms with E-state index in [0.29, 0.717) is 12.3 Å². The molecule has 0 aromatic heterocycles. The fourth-order valence-corrected chi connectivity index (χ4v) is 1.46. The van der Waals surface area contributed by atoms with Crippen LogP contribution >= 0.6 is 0 Å². The average molecular weight is 239 g/mol. The van der Waals surface area contributed by atoms with Gasteiger partial charge in [-0.05, 0) is 37.1 Å². The molecule has 0 bridgehead atoms. The number of ether oxygens (including phenoxy) is 1. The van der Waals surface area contributed by atoms with Crippen LogP contribution in [0.3, 0.4) is 0 Å². The number of esters is 1. The Morgan fingerprint density at radius 1 is 1.35 bits per heavy atom. The molecular formula is C13H18FNO2. The molecule has 3 nitrogen and oxygen atoms in total. The van der Waals surface area contributed by atoms with Gasteiger partial charge >= 0.3 is 5.97 Å². The first-order valence-corrected chi connectivity index (χ1v) is 5.73. The van der Waals surface area contributed by atoms with E-state index in [1.54, 1.807) is 19.1 Å². The Morgan fingerprint density at radius 3 is 2.41 bits per heavy atom. The Bertz CT molecular complexity index is 362. The maximum Gasteiger partial charge on any atom is 0.328 e. The summed E-state index contributed by atoms with van der Waals surface area (Å²) in [6, 6.07) is 5.49. The van der Waals surface area contributed by atoms with Gasteiger partial charge < -0.3 is 10.1 Å².